The summed E-state index contributed by atoms with van der Waals surface area (Å²) in [6.45, 7) is 3.80. The maximum absolute atomic E-state index is 13.3. The number of carbonyl (C=O) groups is 1. The highest BCUT2D eigenvalue weighted by Gasteiger charge is 2.38. The van der Waals surface area contributed by atoms with Gasteiger partial charge in [-0.05, 0) is 54.7 Å². The van der Waals surface area contributed by atoms with Gasteiger partial charge in [0.2, 0.25) is 11.5 Å². The van der Waals surface area contributed by atoms with Gasteiger partial charge in [0.05, 0.1) is 46.7 Å². The molecule has 1 aliphatic carbocycles. The summed E-state index contributed by atoms with van der Waals surface area (Å²) in [4.78, 5) is 13.3. The third kappa shape index (κ3) is 4.72. The second-order valence-corrected chi connectivity index (χ2v) is 9.55. The summed E-state index contributed by atoms with van der Waals surface area (Å²) >= 11 is 0. The van der Waals surface area contributed by atoms with Crippen LogP contribution in [0.2, 0.25) is 0 Å². The van der Waals surface area contributed by atoms with Gasteiger partial charge >= 0.3 is 5.97 Å². The van der Waals surface area contributed by atoms with Crippen LogP contribution in [0.1, 0.15) is 35.3 Å². The van der Waals surface area contributed by atoms with Crippen LogP contribution in [-0.4, -0.2) is 52.2 Å². The number of ether oxygens (including phenoxy) is 6. The number of rotatable bonds is 7. The number of benzene rings is 3. The van der Waals surface area contributed by atoms with Crippen LogP contribution in [0.25, 0.3) is 11.1 Å². The quantitative estimate of drug-likeness (QED) is 0.338. The molecule has 0 aromatic heterocycles. The van der Waals surface area contributed by atoms with E-state index in [1.54, 1.807) is 31.4 Å². The highest BCUT2D eigenvalue weighted by molar-refractivity contribution is 5.95. The van der Waals surface area contributed by atoms with E-state index in [0.29, 0.717) is 52.5 Å². The summed E-state index contributed by atoms with van der Waals surface area (Å²) in [5.41, 5.74) is 2.06. The lowest BCUT2D eigenvalue weighted by atomic mass is 9.75. The normalized spacial score (nSPS) is 18.3. The van der Waals surface area contributed by atoms with Gasteiger partial charge in [-0.2, -0.15) is 0 Å². The zero-order valence-corrected chi connectivity index (χ0v) is 22.8. The number of esters is 1. The molecular weight excluding hydrogens is 488 g/mol. The molecule has 1 unspecified atom stereocenters. The van der Waals surface area contributed by atoms with Crippen molar-refractivity contribution < 1.29 is 38.3 Å². The molecule has 0 saturated carbocycles. The fourth-order valence-corrected chi connectivity index (χ4v) is 5.00. The van der Waals surface area contributed by atoms with Gasteiger partial charge < -0.3 is 33.5 Å². The molecule has 3 aromatic rings. The number of aliphatic hydroxyl groups is 1. The highest BCUT2D eigenvalue weighted by atomic mass is 16.6. The Bertz CT molecular complexity index is 1330. The van der Waals surface area contributed by atoms with Crippen LogP contribution in [0, 0.1) is 5.92 Å². The molecule has 38 heavy (non-hydrogen) atoms. The topological polar surface area (TPSA) is 92.7 Å². The Balaban J connectivity index is 2.13. The molecule has 2 atom stereocenters. The average Bonchev–Trinajstić information content (AvgIpc) is 2.92. The van der Waals surface area contributed by atoms with Gasteiger partial charge in [0.25, 0.3) is 0 Å². The molecule has 3 aromatic carbocycles. The summed E-state index contributed by atoms with van der Waals surface area (Å²) < 4.78 is 34.7. The highest BCUT2D eigenvalue weighted by Crippen LogP contribution is 2.56. The zero-order chi connectivity index (χ0) is 27.6. The van der Waals surface area contributed by atoms with Crippen molar-refractivity contribution >= 4 is 5.97 Å². The lowest BCUT2D eigenvalue weighted by molar-refractivity contribution is 0.00625. The third-order valence-corrected chi connectivity index (χ3v) is 7.21. The zero-order valence-electron chi connectivity index (χ0n) is 22.8. The van der Waals surface area contributed by atoms with E-state index in [4.69, 9.17) is 28.4 Å². The van der Waals surface area contributed by atoms with Crippen molar-refractivity contribution in [3.8, 4) is 45.6 Å². The van der Waals surface area contributed by atoms with Crippen molar-refractivity contribution in [3.05, 3.63) is 59.2 Å². The van der Waals surface area contributed by atoms with E-state index in [-0.39, 0.29) is 17.4 Å². The number of methoxy groups -OCH3 is 5. The second-order valence-electron chi connectivity index (χ2n) is 9.55. The van der Waals surface area contributed by atoms with Crippen molar-refractivity contribution in [1.29, 1.82) is 0 Å². The van der Waals surface area contributed by atoms with Crippen LogP contribution in [0.5, 0.6) is 34.5 Å². The molecule has 1 aliphatic rings. The summed E-state index contributed by atoms with van der Waals surface area (Å²) in [5, 5.41) is 11.5. The maximum Gasteiger partial charge on any atom is 0.343 e. The van der Waals surface area contributed by atoms with Crippen LogP contribution >= 0.6 is 0 Å². The molecule has 0 saturated heterocycles. The first-order valence-electron chi connectivity index (χ1n) is 12.3. The maximum atomic E-state index is 13.3. The smallest absolute Gasteiger partial charge is 0.343 e. The van der Waals surface area contributed by atoms with Crippen LogP contribution in [0.4, 0.5) is 0 Å². The van der Waals surface area contributed by atoms with Crippen molar-refractivity contribution in [2.75, 3.05) is 35.5 Å². The van der Waals surface area contributed by atoms with Gasteiger partial charge in [-0.25, -0.2) is 4.79 Å². The number of carbonyl (C=O) groups excluding carboxylic acids is 1. The standard InChI is InChI=1S/C30H34O8/c1-17-13-19-14-21(33-3)26(36-6)28(38-29(31)18-11-9-8-10-12-18)23(19)24-20(16-30(17,2)32)15-22(34-4)25(35-5)27(24)37-7/h8-12,14-15,17,32H,13,16H2,1-7H3/t17?,30-/m0/s1. The SMILES string of the molecule is COc1cc2c(c(OC)c1OC)-c1c(cc(OC)c(OC)c1OC(=O)c1ccccc1)CC(C)[C@@](C)(O)C2. The predicted octanol–water partition coefficient (Wildman–Crippen LogP) is 5.10. The summed E-state index contributed by atoms with van der Waals surface area (Å²) in [6, 6.07) is 12.4. The molecule has 0 heterocycles. The van der Waals surface area contributed by atoms with Gasteiger partial charge in [-0.15, -0.1) is 0 Å². The van der Waals surface area contributed by atoms with E-state index >= 15 is 0 Å². The Kier molecular flexibility index (Phi) is 7.73. The lowest BCUT2D eigenvalue weighted by Crippen LogP contribution is -2.37. The Morgan fingerprint density at radius 2 is 1.32 bits per heavy atom. The van der Waals surface area contributed by atoms with Gasteiger partial charge in [0.1, 0.15) is 0 Å². The molecule has 202 valence electrons. The molecule has 1 N–H and O–H groups in total. The van der Waals surface area contributed by atoms with E-state index < -0.39 is 11.6 Å². The van der Waals surface area contributed by atoms with Crippen molar-refractivity contribution in [1.82, 2.24) is 0 Å². The predicted molar refractivity (Wildman–Crippen MR) is 143 cm³/mol. The Hall–Kier alpha value is -3.91. The molecule has 8 nitrogen and oxygen atoms in total. The number of hydrogen-bond donors (Lipinski definition) is 1. The van der Waals surface area contributed by atoms with Gasteiger partial charge in [0, 0.05) is 17.5 Å². The molecule has 0 fully saturated rings. The second kappa shape index (κ2) is 10.8. The van der Waals surface area contributed by atoms with E-state index in [2.05, 4.69) is 0 Å². The lowest BCUT2D eigenvalue weighted by Gasteiger charge is -2.36. The fraction of sp³-hybridized carbons (Fsp3) is 0.367. The summed E-state index contributed by atoms with van der Waals surface area (Å²) in [6.07, 6.45) is 0.760. The molecule has 0 radical (unpaired) electrons. The molecule has 0 bridgehead atoms. The van der Waals surface area contributed by atoms with E-state index in [9.17, 15) is 9.90 Å². The van der Waals surface area contributed by atoms with Gasteiger partial charge in [-0.1, -0.05) is 25.1 Å². The van der Waals surface area contributed by atoms with Crippen LogP contribution < -0.4 is 28.4 Å². The van der Waals surface area contributed by atoms with Gasteiger partial charge in [-0.3, -0.25) is 0 Å². The van der Waals surface area contributed by atoms with Gasteiger partial charge in [0.15, 0.2) is 23.0 Å². The minimum absolute atomic E-state index is 0.163. The van der Waals surface area contributed by atoms with E-state index in [1.165, 1.54) is 28.4 Å². The van der Waals surface area contributed by atoms with Crippen molar-refractivity contribution in [2.24, 2.45) is 5.92 Å². The minimum atomic E-state index is -1.06. The average molecular weight is 523 g/mol. The Labute approximate surface area is 223 Å². The number of fused-ring (bicyclic) bond motifs is 3. The first kappa shape index (κ1) is 27.1. The van der Waals surface area contributed by atoms with Crippen LogP contribution in [0.3, 0.4) is 0 Å². The summed E-state index contributed by atoms with van der Waals surface area (Å²) in [5.74, 6) is 1.36. The minimum Gasteiger partial charge on any atom is -0.493 e. The number of hydrogen-bond acceptors (Lipinski definition) is 8. The van der Waals surface area contributed by atoms with Crippen molar-refractivity contribution in [2.45, 2.75) is 32.3 Å². The van der Waals surface area contributed by atoms with Crippen LogP contribution in [0.15, 0.2) is 42.5 Å². The van der Waals surface area contributed by atoms with Crippen molar-refractivity contribution in [3.63, 3.8) is 0 Å². The molecule has 4 rings (SSSR count). The molecule has 0 aliphatic heterocycles. The van der Waals surface area contributed by atoms with E-state index in [1.807, 2.05) is 32.0 Å². The largest absolute Gasteiger partial charge is 0.493 e. The third-order valence-electron chi connectivity index (χ3n) is 7.21. The fourth-order valence-electron chi connectivity index (χ4n) is 5.00. The monoisotopic (exact) mass is 522 g/mol. The molecule has 8 heteroatoms. The Morgan fingerprint density at radius 1 is 0.789 bits per heavy atom. The van der Waals surface area contributed by atoms with Crippen LogP contribution in [-0.2, 0) is 12.8 Å². The molecule has 0 spiro atoms. The van der Waals surface area contributed by atoms with E-state index in [0.717, 1.165) is 11.1 Å². The molecular formula is C30H34O8. The summed E-state index contributed by atoms with van der Waals surface area (Å²) in [7, 11) is 7.63. The first-order chi connectivity index (χ1) is 18.2. The molecule has 0 amide bonds. The first-order valence-corrected chi connectivity index (χ1v) is 12.3. The Morgan fingerprint density at radius 3 is 1.87 bits per heavy atom.